The van der Waals surface area contributed by atoms with Crippen molar-refractivity contribution < 1.29 is 4.79 Å². The molecule has 0 N–H and O–H groups in total. The first-order valence-corrected chi connectivity index (χ1v) is 5.05. The van der Waals surface area contributed by atoms with Gasteiger partial charge in [-0.1, -0.05) is 24.6 Å². The van der Waals surface area contributed by atoms with Gasteiger partial charge in [0.15, 0.2) is 5.78 Å². The van der Waals surface area contributed by atoms with Crippen molar-refractivity contribution in [1.29, 1.82) is 0 Å². The molecular formula is C12H16O. The highest BCUT2D eigenvalue weighted by atomic mass is 16.1. The summed E-state index contributed by atoms with van der Waals surface area (Å²) in [6.07, 6.45) is 8.36. The van der Waals surface area contributed by atoms with E-state index in [2.05, 4.69) is 26.0 Å². The van der Waals surface area contributed by atoms with E-state index < -0.39 is 0 Å². The van der Waals surface area contributed by atoms with Crippen molar-refractivity contribution >= 4 is 5.78 Å². The van der Waals surface area contributed by atoms with Crippen molar-refractivity contribution in [2.75, 3.05) is 0 Å². The summed E-state index contributed by atoms with van der Waals surface area (Å²) in [6.45, 7) is 4.29. The summed E-state index contributed by atoms with van der Waals surface area (Å²) in [6, 6.07) is 0. The highest BCUT2D eigenvalue weighted by molar-refractivity contribution is 5.98. The maximum absolute atomic E-state index is 11.8. The zero-order valence-corrected chi connectivity index (χ0v) is 8.39. The molecule has 1 fully saturated rings. The van der Waals surface area contributed by atoms with Gasteiger partial charge >= 0.3 is 0 Å². The van der Waals surface area contributed by atoms with Gasteiger partial charge in [0.2, 0.25) is 0 Å². The van der Waals surface area contributed by atoms with Crippen LogP contribution in [0.15, 0.2) is 23.3 Å². The van der Waals surface area contributed by atoms with Gasteiger partial charge < -0.3 is 0 Å². The maximum Gasteiger partial charge on any atom is 0.159 e. The first kappa shape index (κ1) is 8.74. The zero-order chi connectivity index (χ0) is 9.47. The molecular weight excluding hydrogens is 160 g/mol. The molecule has 2 rings (SSSR count). The smallest absolute Gasteiger partial charge is 0.159 e. The monoisotopic (exact) mass is 176 g/mol. The van der Waals surface area contributed by atoms with E-state index in [1.54, 1.807) is 0 Å². The molecule has 0 radical (unpaired) electrons. The van der Waals surface area contributed by atoms with Gasteiger partial charge in [-0.15, -0.1) is 0 Å². The lowest BCUT2D eigenvalue weighted by molar-refractivity contribution is -0.117. The van der Waals surface area contributed by atoms with E-state index in [1.165, 1.54) is 5.57 Å². The molecule has 1 nitrogen and oxygen atoms in total. The van der Waals surface area contributed by atoms with Crippen LogP contribution in [0.4, 0.5) is 0 Å². The molecule has 0 aromatic heterocycles. The van der Waals surface area contributed by atoms with Crippen LogP contribution in [-0.2, 0) is 4.79 Å². The van der Waals surface area contributed by atoms with Gasteiger partial charge in [0.05, 0.1) is 0 Å². The number of allylic oxidation sites excluding steroid dienone is 4. The van der Waals surface area contributed by atoms with Gasteiger partial charge in [-0.25, -0.2) is 0 Å². The summed E-state index contributed by atoms with van der Waals surface area (Å²) in [4.78, 5) is 11.8. The molecule has 1 atom stereocenters. The molecule has 1 heteroatoms. The fraction of sp³-hybridized carbons (Fsp3) is 0.583. The third-order valence-corrected chi connectivity index (χ3v) is 3.29. The highest BCUT2D eigenvalue weighted by Crippen LogP contribution is 2.44. The van der Waals surface area contributed by atoms with E-state index in [0.717, 1.165) is 31.3 Å². The van der Waals surface area contributed by atoms with Gasteiger partial charge in [-0.05, 0) is 26.2 Å². The second-order valence-electron chi connectivity index (χ2n) is 4.46. The number of rotatable bonds is 0. The van der Waals surface area contributed by atoms with Crippen LogP contribution in [0.5, 0.6) is 0 Å². The minimum absolute atomic E-state index is 0.0671. The van der Waals surface area contributed by atoms with Crippen molar-refractivity contribution in [1.82, 2.24) is 0 Å². The highest BCUT2D eigenvalue weighted by Gasteiger charge is 2.36. The predicted molar refractivity (Wildman–Crippen MR) is 53.4 cm³/mol. The maximum atomic E-state index is 11.8. The molecule has 0 aliphatic heterocycles. The van der Waals surface area contributed by atoms with Gasteiger partial charge in [-0.3, -0.25) is 4.79 Å². The fourth-order valence-electron chi connectivity index (χ4n) is 2.67. The van der Waals surface area contributed by atoms with Crippen molar-refractivity contribution in [2.45, 2.75) is 39.5 Å². The van der Waals surface area contributed by atoms with Gasteiger partial charge in [-0.2, -0.15) is 0 Å². The summed E-state index contributed by atoms with van der Waals surface area (Å²) >= 11 is 0. The van der Waals surface area contributed by atoms with Gasteiger partial charge in [0, 0.05) is 17.4 Å². The predicted octanol–water partition coefficient (Wildman–Crippen LogP) is 3.02. The molecule has 0 bridgehead atoms. The first-order valence-electron chi connectivity index (χ1n) is 5.05. The third kappa shape index (κ3) is 1.27. The normalized spacial score (nSPS) is 33.5. The summed E-state index contributed by atoms with van der Waals surface area (Å²) in [5.41, 5.74) is 2.47. The number of Topliss-reactive ketones (excluding diaryl/α,β-unsaturated/α-hetero) is 1. The zero-order valence-electron chi connectivity index (χ0n) is 8.39. The van der Waals surface area contributed by atoms with E-state index in [1.807, 2.05) is 0 Å². The lowest BCUT2D eigenvalue weighted by atomic mass is 9.67. The molecule has 13 heavy (non-hydrogen) atoms. The first-order chi connectivity index (χ1) is 6.13. The Labute approximate surface area is 79.5 Å². The quantitative estimate of drug-likeness (QED) is 0.518. The van der Waals surface area contributed by atoms with Crippen LogP contribution in [0, 0.1) is 5.41 Å². The molecule has 0 aromatic rings. The minimum atomic E-state index is 0.0671. The Kier molecular flexibility index (Phi) is 1.90. The van der Waals surface area contributed by atoms with Crippen molar-refractivity contribution in [2.24, 2.45) is 5.41 Å². The Hall–Kier alpha value is -0.850. The molecule has 2 aliphatic rings. The average Bonchev–Trinajstić information content (AvgIpc) is 2.02. The number of hydrogen-bond donors (Lipinski definition) is 0. The minimum Gasteiger partial charge on any atom is -0.295 e. The van der Waals surface area contributed by atoms with E-state index >= 15 is 0 Å². The number of ketones is 1. The van der Waals surface area contributed by atoms with Crippen LogP contribution in [0.25, 0.3) is 0 Å². The summed E-state index contributed by atoms with van der Waals surface area (Å²) in [5, 5.41) is 0. The molecule has 1 saturated carbocycles. The third-order valence-electron chi connectivity index (χ3n) is 3.29. The number of carbonyl (C=O) groups excluding carboxylic acids is 1. The topological polar surface area (TPSA) is 17.1 Å². The standard InChI is InChI=1S/C12H16O/c1-9-5-3-7-12(2)8-4-6-10(13)11(9)12/h3,7H,4-6,8H2,1-2H3. The molecule has 0 saturated heterocycles. The van der Waals surface area contributed by atoms with Crippen molar-refractivity contribution in [3.05, 3.63) is 23.3 Å². The number of fused-ring (bicyclic) bond motifs is 1. The number of hydrogen-bond acceptors (Lipinski definition) is 1. The Morgan fingerprint density at radius 1 is 1.46 bits per heavy atom. The molecule has 0 heterocycles. The Bertz CT molecular complexity index is 309. The largest absolute Gasteiger partial charge is 0.295 e. The SMILES string of the molecule is CC1=C2C(=O)CCCC2(C)C=CC1. The van der Waals surface area contributed by atoms with E-state index in [4.69, 9.17) is 0 Å². The van der Waals surface area contributed by atoms with Crippen molar-refractivity contribution in [3.63, 3.8) is 0 Å². The second kappa shape index (κ2) is 2.83. The summed E-state index contributed by atoms with van der Waals surface area (Å²) < 4.78 is 0. The van der Waals surface area contributed by atoms with Crippen LogP contribution in [0.3, 0.4) is 0 Å². The van der Waals surface area contributed by atoms with Gasteiger partial charge in [0.1, 0.15) is 0 Å². The van der Waals surface area contributed by atoms with E-state index in [0.29, 0.717) is 5.78 Å². The van der Waals surface area contributed by atoms with Crippen molar-refractivity contribution in [3.8, 4) is 0 Å². The van der Waals surface area contributed by atoms with E-state index in [-0.39, 0.29) is 5.41 Å². The molecule has 0 amide bonds. The van der Waals surface area contributed by atoms with Crippen LogP contribution in [0.1, 0.15) is 39.5 Å². The van der Waals surface area contributed by atoms with Gasteiger partial charge in [0.25, 0.3) is 0 Å². The van der Waals surface area contributed by atoms with Crippen LogP contribution >= 0.6 is 0 Å². The molecule has 0 aromatic carbocycles. The Morgan fingerprint density at radius 2 is 2.23 bits per heavy atom. The summed E-state index contributed by atoms with van der Waals surface area (Å²) in [5.74, 6) is 0.385. The summed E-state index contributed by atoms with van der Waals surface area (Å²) in [7, 11) is 0. The van der Waals surface area contributed by atoms with Crippen LogP contribution in [-0.4, -0.2) is 5.78 Å². The Balaban J connectivity index is 2.47. The van der Waals surface area contributed by atoms with E-state index in [9.17, 15) is 4.79 Å². The Morgan fingerprint density at radius 3 is 2.92 bits per heavy atom. The van der Waals surface area contributed by atoms with Crippen LogP contribution < -0.4 is 0 Å². The fourth-order valence-corrected chi connectivity index (χ4v) is 2.67. The second-order valence-corrected chi connectivity index (χ2v) is 4.46. The van der Waals surface area contributed by atoms with Crippen LogP contribution in [0.2, 0.25) is 0 Å². The number of carbonyl (C=O) groups is 1. The molecule has 70 valence electrons. The lowest BCUT2D eigenvalue weighted by Gasteiger charge is -2.36. The average molecular weight is 176 g/mol. The molecule has 0 spiro atoms. The lowest BCUT2D eigenvalue weighted by Crippen LogP contribution is -2.30. The molecule has 1 unspecified atom stereocenters. The molecule has 2 aliphatic carbocycles.